The first-order valence-electron chi connectivity index (χ1n) is 8.74. The maximum atomic E-state index is 12.7. The lowest BCUT2D eigenvalue weighted by Gasteiger charge is -2.37. The summed E-state index contributed by atoms with van der Waals surface area (Å²) in [7, 11) is 0. The molecular formula is C19H18N2O5. The van der Waals surface area contributed by atoms with E-state index in [-0.39, 0.29) is 28.6 Å². The van der Waals surface area contributed by atoms with Gasteiger partial charge in [0.2, 0.25) is 0 Å². The number of nitrogens with zero attached hydrogens (tertiary/aromatic N) is 1. The highest BCUT2D eigenvalue weighted by Crippen LogP contribution is 2.47. The molecule has 26 heavy (non-hydrogen) atoms. The molecule has 0 aromatic heterocycles. The predicted octanol–water partition coefficient (Wildman–Crippen LogP) is 3.00. The van der Waals surface area contributed by atoms with E-state index in [9.17, 15) is 24.8 Å². The van der Waals surface area contributed by atoms with Crippen LogP contribution in [0.15, 0.2) is 40.7 Å². The number of allylic oxidation sites excluding steroid dienone is 4. The number of carbonyl (C=O) groups excluding carboxylic acids is 2. The van der Waals surface area contributed by atoms with Gasteiger partial charge in [0, 0.05) is 59.0 Å². The lowest BCUT2D eigenvalue weighted by atomic mass is 9.71. The Kier molecular flexibility index (Phi) is 3.86. The second kappa shape index (κ2) is 6.09. The zero-order valence-corrected chi connectivity index (χ0v) is 14.1. The van der Waals surface area contributed by atoms with E-state index in [1.165, 1.54) is 18.2 Å². The monoisotopic (exact) mass is 354 g/mol. The second-order valence-electron chi connectivity index (χ2n) is 6.90. The molecular weight excluding hydrogens is 336 g/mol. The van der Waals surface area contributed by atoms with Crippen molar-refractivity contribution in [2.24, 2.45) is 0 Å². The quantitative estimate of drug-likeness (QED) is 0.624. The smallest absolute Gasteiger partial charge is 0.270 e. The third-order valence-corrected chi connectivity index (χ3v) is 5.32. The van der Waals surface area contributed by atoms with E-state index in [1.54, 1.807) is 0 Å². The van der Waals surface area contributed by atoms with Crippen LogP contribution in [0.4, 0.5) is 5.69 Å². The van der Waals surface area contributed by atoms with Crippen LogP contribution < -0.4 is 5.32 Å². The lowest BCUT2D eigenvalue weighted by molar-refractivity contribution is -0.384. The van der Waals surface area contributed by atoms with Crippen LogP contribution in [-0.2, 0) is 9.59 Å². The Morgan fingerprint density at radius 2 is 1.58 bits per heavy atom. The normalized spacial score (nSPS) is 20.6. The number of ketones is 2. The van der Waals surface area contributed by atoms with Crippen LogP contribution in [0.3, 0.4) is 0 Å². The number of carbonyl (C=O) groups is 2. The summed E-state index contributed by atoms with van der Waals surface area (Å²) < 4.78 is 0. The van der Waals surface area contributed by atoms with Crippen LogP contribution in [-0.4, -0.2) is 21.6 Å². The molecule has 1 heterocycles. The number of phenols is 1. The minimum atomic E-state index is -0.734. The minimum Gasteiger partial charge on any atom is -0.508 e. The Balaban J connectivity index is 1.96. The van der Waals surface area contributed by atoms with Crippen LogP contribution >= 0.6 is 0 Å². The Labute approximate surface area is 149 Å². The number of dihydropyridines is 1. The molecule has 4 rings (SSSR count). The van der Waals surface area contributed by atoms with Crippen molar-refractivity contribution in [2.45, 2.75) is 44.4 Å². The average molecular weight is 354 g/mol. The van der Waals surface area contributed by atoms with Gasteiger partial charge in [-0.25, -0.2) is 0 Å². The van der Waals surface area contributed by atoms with Crippen LogP contribution in [0.1, 0.15) is 50.0 Å². The van der Waals surface area contributed by atoms with Gasteiger partial charge in [0.05, 0.1) is 4.92 Å². The molecule has 0 spiro atoms. The summed E-state index contributed by atoms with van der Waals surface area (Å²) >= 11 is 0. The number of phenolic OH excluding ortho intramolecular Hbond substituents is 1. The van der Waals surface area contributed by atoms with E-state index >= 15 is 0 Å². The molecule has 0 bridgehead atoms. The van der Waals surface area contributed by atoms with E-state index in [4.69, 9.17) is 0 Å². The number of hydrogen-bond acceptors (Lipinski definition) is 6. The zero-order chi connectivity index (χ0) is 18.4. The average Bonchev–Trinajstić information content (AvgIpc) is 2.61. The Morgan fingerprint density at radius 3 is 2.12 bits per heavy atom. The molecule has 0 saturated heterocycles. The Morgan fingerprint density at radius 1 is 1.00 bits per heavy atom. The molecule has 0 atom stereocenters. The van der Waals surface area contributed by atoms with Gasteiger partial charge < -0.3 is 10.4 Å². The van der Waals surface area contributed by atoms with Gasteiger partial charge in [0.1, 0.15) is 5.75 Å². The predicted molar refractivity (Wildman–Crippen MR) is 92.4 cm³/mol. The van der Waals surface area contributed by atoms with Crippen molar-refractivity contribution in [1.82, 2.24) is 5.32 Å². The molecule has 7 heteroatoms. The number of non-ortho nitro benzene ring substituents is 1. The number of aromatic hydroxyl groups is 1. The number of hydrogen-bond donors (Lipinski definition) is 2. The first-order chi connectivity index (χ1) is 12.5. The van der Waals surface area contributed by atoms with Crippen molar-refractivity contribution in [3.8, 4) is 5.75 Å². The molecule has 2 N–H and O–H groups in total. The zero-order valence-electron chi connectivity index (χ0n) is 14.1. The van der Waals surface area contributed by atoms with Crippen LogP contribution in [0.25, 0.3) is 0 Å². The summed E-state index contributed by atoms with van der Waals surface area (Å²) in [6.45, 7) is 0. The molecule has 1 aliphatic heterocycles. The molecule has 3 aliphatic rings. The Hall–Kier alpha value is -2.96. The highest BCUT2D eigenvalue weighted by atomic mass is 16.6. The third kappa shape index (κ3) is 2.51. The van der Waals surface area contributed by atoms with E-state index in [0.717, 1.165) is 24.2 Å². The van der Waals surface area contributed by atoms with Gasteiger partial charge in [-0.1, -0.05) is 0 Å². The first kappa shape index (κ1) is 16.5. The molecule has 0 fully saturated rings. The third-order valence-electron chi connectivity index (χ3n) is 5.32. The van der Waals surface area contributed by atoms with Crippen molar-refractivity contribution in [1.29, 1.82) is 0 Å². The molecule has 0 unspecified atom stereocenters. The van der Waals surface area contributed by atoms with Crippen LogP contribution in [0, 0.1) is 10.1 Å². The largest absolute Gasteiger partial charge is 0.508 e. The van der Waals surface area contributed by atoms with Crippen molar-refractivity contribution in [2.75, 3.05) is 0 Å². The molecule has 2 aliphatic carbocycles. The summed E-state index contributed by atoms with van der Waals surface area (Å²) in [5, 5.41) is 24.9. The number of benzene rings is 1. The van der Waals surface area contributed by atoms with Gasteiger partial charge in [-0.2, -0.15) is 0 Å². The summed E-state index contributed by atoms with van der Waals surface area (Å²) in [6, 6.07) is 3.76. The summed E-state index contributed by atoms with van der Waals surface area (Å²) in [5.41, 5.74) is 2.59. The SMILES string of the molecule is O=C1CCCC2=C1C(c1cc([N+](=O)[O-])ccc1O)C1=C(CCCC1=O)N2. The summed E-state index contributed by atoms with van der Waals surface area (Å²) in [6.07, 6.45) is 3.60. The summed E-state index contributed by atoms with van der Waals surface area (Å²) in [5.74, 6) is -1.01. The van der Waals surface area contributed by atoms with E-state index in [0.29, 0.717) is 36.8 Å². The fourth-order valence-electron chi connectivity index (χ4n) is 4.18. The molecule has 134 valence electrons. The lowest BCUT2D eigenvalue weighted by Crippen LogP contribution is -2.36. The second-order valence-corrected chi connectivity index (χ2v) is 6.90. The number of nitrogens with one attached hydrogen (secondary N) is 1. The van der Waals surface area contributed by atoms with E-state index in [2.05, 4.69) is 5.32 Å². The molecule has 0 amide bonds. The van der Waals surface area contributed by atoms with Gasteiger partial charge in [-0.15, -0.1) is 0 Å². The van der Waals surface area contributed by atoms with Crippen LogP contribution in [0.5, 0.6) is 5.75 Å². The van der Waals surface area contributed by atoms with Crippen molar-refractivity contribution in [3.05, 3.63) is 56.4 Å². The van der Waals surface area contributed by atoms with E-state index in [1.807, 2.05) is 0 Å². The number of rotatable bonds is 2. The maximum Gasteiger partial charge on any atom is 0.270 e. The topological polar surface area (TPSA) is 110 Å². The number of nitro groups is 1. The highest BCUT2D eigenvalue weighted by molar-refractivity contribution is 6.06. The van der Waals surface area contributed by atoms with Gasteiger partial charge in [0.15, 0.2) is 11.6 Å². The van der Waals surface area contributed by atoms with Crippen molar-refractivity contribution < 1.29 is 19.6 Å². The number of nitro benzene ring substituents is 1. The highest BCUT2D eigenvalue weighted by Gasteiger charge is 2.41. The fourth-order valence-corrected chi connectivity index (χ4v) is 4.18. The van der Waals surface area contributed by atoms with Gasteiger partial charge in [-0.05, 0) is 31.7 Å². The van der Waals surface area contributed by atoms with Gasteiger partial charge in [-0.3, -0.25) is 19.7 Å². The molecule has 0 saturated carbocycles. The maximum absolute atomic E-state index is 12.7. The Bertz CT molecular complexity index is 871. The van der Waals surface area contributed by atoms with Gasteiger partial charge in [0.25, 0.3) is 5.69 Å². The summed E-state index contributed by atoms with van der Waals surface area (Å²) in [4.78, 5) is 36.0. The van der Waals surface area contributed by atoms with Crippen molar-refractivity contribution >= 4 is 17.3 Å². The number of Topliss-reactive ketones (excluding diaryl/α,β-unsaturated/α-hetero) is 2. The van der Waals surface area contributed by atoms with Gasteiger partial charge >= 0.3 is 0 Å². The molecule has 1 aromatic rings. The molecule has 0 radical (unpaired) electrons. The molecule has 1 aromatic carbocycles. The van der Waals surface area contributed by atoms with E-state index < -0.39 is 10.8 Å². The van der Waals surface area contributed by atoms with Crippen molar-refractivity contribution in [3.63, 3.8) is 0 Å². The standard InChI is InChI=1S/C19H18N2O5/c22-14-8-7-10(21(25)26)9-11(14)17-18-12(3-1-5-15(18)23)20-13-4-2-6-16(24)19(13)17/h7-9,17,20,22H,1-6H2. The molecule has 7 nitrogen and oxygen atoms in total. The fraction of sp³-hybridized carbons (Fsp3) is 0.368. The first-order valence-corrected chi connectivity index (χ1v) is 8.74. The minimum absolute atomic E-state index is 0.0698. The van der Waals surface area contributed by atoms with Crippen LogP contribution in [0.2, 0.25) is 0 Å².